The Morgan fingerprint density at radius 1 is 1.50 bits per heavy atom. The highest BCUT2D eigenvalue weighted by Gasteiger charge is 2.62. The zero-order chi connectivity index (χ0) is 16.1. The lowest BCUT2D eigenvalue weighted by Gasteiger charge is -2.43. The molecule has 0 radical (unpaired) electrons. The summed E-state index contributed by atoms with van der Waals surface area (Å²) in [7, 11) is -4.86. The van der Waals surface area contributed by atoms with Crippen LogP contribution in [0.4, 0.5) is 4.79 Å². The Labute approximate surface area is 125 Å². The minimum absolute atomic E-state index is 0.0111. The van der Waals surface area contributed by atoms with E-state index in [2.05, 4.69) is 9.76 Å². The first-order chi connectivity index (χ1) is 10.3. The van der Waals surface area contributed by atoms with E-state index in [1.54, 1.807) is 0 Å². The van der Waals surface area contributed by atoms with E-state index in [0.29, 0.717) is 5.06 Å². The van der Waals surface area contributed by atoms with Gasteiger partial charge in [0.1, 0.15) is 5.54 Å². The molecule has 0 aromatic carbocycles. The van der Waals surface area contributed by atoms with Crippen LogP contribution in [-0.4, -0.2) is 71.3 Å². The summed E-state index contributed by atoms with van der Waals surface area (Å²) in [6, 6.07) is -1.52. The molecule has 0 unspecified atom stereocenters. The summed E-state index contributed by atoms with van der Waals surface area (Å²) < 4.78 is 34.7. The monoisotopic (exact) mass is 337 g/mol. The molecule has 3 N–H and O–H groups in total. The molecule has 3 fully saturated rings. The number of carboxylic acids is 1. The molecule has 0 aliphatic carbocycles. The molecule has 124 valence electrons. The lowest BCUT2D eigenvalue weighted by molar-refractivity contribution is -0.155. The Morgan fingerprint density at radius 3 is 2.77 bits per heavy atom. The number of rotatable bonds is 4. The summed E-state index contributed by atoms with van der Waals surface area (Å²) in [6.45, 7) is 0.400. The fourth-order valence-corrected chi connectivity index (χ4v) is 3.79. The number of hydrogen-bond donors (Lipinski definition) is 3. The lowest BCUT2D eigenvalue weighted by atomic mass is 9.76. The Hall–Kier alpha value is -1.47. The molecule has 3 heterocycles. The molecule has 0 saturated carbocycles. The van der Waals surface area contributed by atoms with Crippen molar-refractivity contribution in [3.05, 3.63) is 0 Å². The average Bonchev–Trinajstić information content (AvgIpc) is 3.03. The summed E-state index contributed by atoms with van der Waals surface area (Å²) in [5, 5.41) is 10.2. The van der Waals surface area contributed by atoms with Crippen LogP contribution in [-0.2, 0) is 24.3 Å². The maximum absolute atomic E-state index is 12.4. The molecule has 3 aliphatic rings. The first-order valence-electron chi connectivity index (χ1n) is 6.61. The standard InChI is InChI=1S/C10H15N3O8S/c14-8(15)10(6-3-11-20-5-6)2-1-7-4-12(10)9(16)13(7)21-22(17,18)19/h6-7,11H,1-5H2,(H,14,15)(H,17,18,19)/t6-,7+,10-/m0/s1. The van der Waals surface area contributed by atoms with Crippen molar-refractivity contribution >= 4 is 22.4 Å². The van der Waals surface area contributed by atoms with Crippen LogP contribution in [0.2, 0.25) is 0 Å². The number of carbonyl (C=O) groups is 2. The van der Waals surface area contributed by atoms with Crippen LogP contribution in [0.1, 0.15) is 12.8 Å². The van der Waals surface area contributed by atoms with Gasteiger partial charge in [-0.1, -0.05) is 0 Å². The third-order valence-corrected chi connectivity index (χ3v) is 4.77. The maximum Gasteiger partial charge on any atom is 0.418 e. The normalized spacial score (nSPS) is 35.2. The number of nitrogens with zero attached hydrogens (tertiary/aromatic N) is 2. The average molecular weight is 337 g/mol. The predicted octanol–water partition coefficient (Wildman–Crippen LogP) is -1.40. The van der Waals surface area contributed by atoms with Gasteiger partial charge in [0.2, 0.25) is 0 Å². The maximum atomic E-state index is 12.4. The number of hydrogen-bond acceptors (Lipinski definition) is 7. The van der Waals surface area contributed by atoms with Crippen molar-refractivity contribution in [2.24, 2.45) is 5.92 Å². The Balaban J connectivity index is 1.93. The Kier molecular flexibility index (Phi) is 3.52. The lowest BCUT2D eigenvalue weighted by Crippen LogP contribution is -2.63. The van der Waals surface area contributed by atoms with E-state index in [1.165, 1.54) is 0 Å². The summed E-state index contributed by atoms with van der Waals surface area (Å²) in [6.07, 6.45) is 0.375. The van der Waals surface area contributed by atoms with Crippen LogP contribution in [0.15, 0.2) is 0 Å². The molecular weight excluding hydrogens is 322 g/mol. The summed E-state index contributed by atoms with van der Waals surface area (Å²) in [5.41, 5.74) is 1.10. The van der Waals surface area contributed by atoms with Crippen LogP contribution < -0.4 is 5.48 Å². The zero-order valence-electron chi connectivity index (χ0n) is 11.3. The fraction of sp³-hybridized carbons (Fsp3) is 0.800. The van der Waals surface area contributed by atoms with Crippen molar-refractivity contribution in [3.63, 3.8) is 0 Å². The van der Waals surface area contributed by atoms with E-state index in [1.807, 2.05) is 0 Å². The van der Waals surface area contributed by atoms with E-state index in [4.69, 9.17) is 9.39 Å². The second-order valence-corrected chi connectivity index (χ2v) is 6.50. The largest absolute Gasteiger partial charge is 0.479 e. The van der Waals surface area contributed by atoms with Crippen LogP contribution in [0.3, 0.4) is 0 Å². The number of urea groups is 1. The van der Waals surface area contributed by atoms with Gasteiger partial charge in [-0.15, -0.1) is 4.28 Å². The minimum Gasteiger partial charge on any atom is -0.479 e. The molecule has 22 heavy (non-hydrogen) atoms. The Morgan fingerprint density at radius 2 is 2.23 bits per heavy atom. The van der Waals surface area contributed by atoms with Crippen molar-refractivity contribution in [1.82, 2.24) is 15.4 Å². The molecule has 11 nitrogen and oxygen atoms in total. The topological polar surface area (TPSA) is 146 Å². The third kappa shape index (κ3) is 2.23. The molecule has 2 bridgehead atoms. The van der Waals surface area contributed by atoms with Gasteiger partial charge in [-0.05, 0) is 12.8 Å². The highest BCUT2D eigenvalue weighted by molar-refractivity contribution is 7.80. The van der Waals surface area contributed by atoms with Crippen molar-refractivity contribution in [2.75, 3.05) is 19.7 Å². The van der Waals surface area contributed by atoms with Crippen LogP contribution in [0.5, 0.6) is 0 Å². The molecule has 0 aromatic rings. The quantitative estimate of drug-likeness (QED) is 0.527. The molecule has 0 aromatic heterocycles. The second-order valence-electron chi connectivity index (χ2n) is 5.50. The van der Waals surface area contributed by atoms with Gasteiger partial charge in [0.15, 0.2) is 0 Å². The summed E-state index contributed by atoms with van der Waals surface area (Å²) >= 11 is 0. The number of aliphatic carboxylic acids is 1. The van der Waals surface area contributed by atoms with Gasteiger partial charge in [0.05, 0.1) is 12.6 Å². The van der Waals surface area contributed by atoms with E-state index in [9.17, 15) is 23.1 Å². The molecule has 2 amide bonds. The number of fused-ring (bicyclic) bond motifs is 2. The van der Waals surface area contributed by atoms with Crippen molar-refractivity contribution in [2.45, 2.75) is 24.4 Å². The third-order valence-electron chi connectivity index (χ3n) is 4.42. The molecular formula is C10H15N3O8S. The van der Waals surface area contributed by atoms with Gasteiger partial charge < -0.3 is 14.8 Å². The van der Waals surface area contributed by atoms with E-state index in [-0.39, 0.29) is 32.5 Å². The number of nitrogens with one attached hydrogen (secondary N) is 1. The molecule has 0 spiro atoms. The van der Waals surface area contributed by atoms with Crippen LogP contribution in [0.25, 0.3) is 0 Å². The van der Waals surface area contributed by atoms with Crippen LogP contribution >= 0.6 is 0 Å². The minimum atomic E-state index is -4.86. The van der Waals surface area contributed by atoms with Gasteiger partial charge in [-0.3, -0.25) is 4.55 Å². The highest BCUT2D eigenvalue weighted by Crippen LogP contribution is 2.42. The van der Waals surface area contributed by atoms with E-state index >= 15 is 0 Å². The van der Waals surface area contributed by atoms with Crippen molar-refractivity contribution in [1.29, 1.82) is 0 Å². The number of hydroxylamine groups is 3. The zero-order valence-corrected chi connectivity index (χ0v) is 12.2. The number of carboxylic acid groups (broad SMARTS) is 1. The SMILES string of the molecule is O=C1N(OS(=O)(=O)O)[C@@H]2CC[C@@](C(=O)O)([C@H]3CNOC3)N1C2. The first kappa shape index (κ1) is 15.4. The number of piperidine rings is 1. The molecule has 3 aliphatic heterocycles. The van der Waals surface area contributed by atoms with Crippen molar-refractivity contribution in [3.8, 4) is 0 Å². The predicted molar refractivity (Wildman–Crippen MR) is 67.4 cm³/mol. The summed E-state index contributed by atoms with van der Waals surface area (Å²) in [5.74, 6) is -1.65. The van der Waals surface area contributed by atoms with Gasteiger partial charge in [-0.2, -0.15) is 13.5 Å². The van der Waals surface area contributed by atoms with Crippen molar-refractivity contribution < 1.29 is 36.8 Å². The smallest absolute Gasteiger partial charge is 0.418 e. The fourth-order valence-electron chi connectivity index (χ4n) is 3.40. The number of amides is 2. The van der Waals surface area contributed by atoms with Gasteiger partial charge >= 0.3 is 22.4 Å². The molecule has 3 saturated heterocycles. The molecule has 12 heteroatoms. The molecule has 3 rings (SSSR count). The van der Waals surface area contributed by atoms with E-state index < -0.39 is 39.9 Å². The second kappa shape index (κ2) is 5.03. The first-order valence-corrected chi connectivity index (χ1v) is 7.98. The van der Waals surface area contributed by atoms with Gasteiger partial charge in [0, 0.05) is 19.0 Å². The van der Waals surface area contributed by atoms with Gasteiger partial charge in [-0.25, -0.2) is 15.1 Å². The Bertz CT molecular complexity index is 603. The highest BCUT2D eigenvalue weighted by atomic mass is 32.3. The van der Waals surface area contributed by atoms with Gasteiger partial charge in [0.25, 0.3) is 0 Å². The summed E-state index contributed by atoms with van der Waals surface area (Å²) in [4.78, 5) is 30.3. The molecule has 3 atom stereocenters. The van der Waals surface area contributed by atoms with E-state index in [0.717, 1.165) is 4.90 Å². The number of carbonyl (C=O) groups excluding carboxylic acids is 1. The van der Waals surface area contributed by atoms with Crippen LogP contribution in [0, 0.1) is 5.92 Å².